The highest BCUT2D eigenvalue weighted by Gasteiger charge is 2.44. The van der Waals surface area contributed by atoms with Crippen molar-refractivity contribution in [1.82, 2.24) is 34.8 Å². The number of ether oxygens (including phenoxy) is 3. The number of likely N-dealkylation sites (tertiary alicyclic amines) is 1. The molecule has 1 aliphatic carbocycles. The molecule has 3 aliphatic rings. The molecule has 4 atom stereocenters. The number of H-pyrrole nitrogens is 1. The fraction of sp³-hybridized carbons (Fsp3) is 0.583. The van der Waals surface area contributed by atoms with Gasteiger partial charge in [0.05, 0.1) is 24.6 Å². The van der Waals surface area contributed by atoms with Crippen molar-refractivity contribution in [3.63, 3.8) is 0 Å². The second kappa shape index (κ2) is 9.54. The van der Waals surface area contributed by atoms with Gasteiger partial charge in [-0.05, 0) is 32.3 Å². The van der Waals surface area contributed by atoms with Crippen molar-refractivity contribution in [3.8, 4) is 0 Å². The van der Waals surface area contributed by atoms with Crippen molar-refractivity contribution in [2.24, 2.45) is 0 Å². The molecule has 1 unspecified atom stereocenters. The summed E-state index contributed by atoms with van der Waals surface area (Å²) in [6.45, 7) is 4.37. The lowest BCUT2D eigenvalue weighted by molar-refractivity contribution is 0.0171. The number of fused-ring (bicyclic) bond motifs is 1. The van der Waals surface area contributed by atoms with Crippen LogP contribution in [0.2, 0.25) is 0 Å². The molecular weight excluding hydrogens is 483 g/mol. The summed E-state index contributed by atoms with van der Waals surface area (Å²) in [6.07, 6.45) is 2.49. The molecule has 6 rings (SSSR count). The molecule has 3 fully saturated rings. The second-order valence-electron chi connectivity index (χ2n) is 10.3. The molecule has 2 aliphatic heterocycles. The summed E-state index contributed by atoms with van der Waals surface area (Å²) in [6, 6.07) is 3.93. The maximum absolute atomic E-state index is 15.1. The number of anilines is 2. The number of hydrogen-bond donors (Lipinski definition) is 3. The van der Waals surface area contributed by atoms with Gasteiger partial charge < -0.3 is 24.8 Å². The summed E-state index contributed by atoms with van der Waals surface area (Å²) in [7, 11) is 1.72. The first kappa shape index (κ1) is 24.1. The number of hydrogen-bond acceptors (Lipinski definition) is 9. The predicted octanol–water partition coefficient (Wildman–Crippen LogP) is 2.47. The number of halogens is 1. The zero-order valence-corrected chi connectivity index (χ0v) is 20.8. The Morgan fingerprint density at radius 3 is 3.03 bits per heavy atom. The second-order valence-corrected chi connectivity index (χ2v) is 10.3. The van der Waals surface area contributed by atoms with Gasteiger partial charge in [-0.15, -0.1) is 0 Å². The van der Waals surface area contributed by atoms with E-state index in [1.807, 2.05) is 23.6 Å². The van der Waals surface area contributed by atoms with Gasteiger partial charge in [0, 0.05) is 50.2 Å². The van der Waals surface area contributed by atoms with Gasteiger partial charge in [0.15, 0.2) is 18.1 Å². The smallest absolute Gasteiger partial charge is 0.408 e. The van der Waals surface area contributed by atoms with E-state index in [1.54, 1.807) is 19.4 Å². The first-order chi connectivity index (χ1) is 17.9. The van der Waals surface area contributed by atoms with Gasteiger partial charge in [0.2, 0.25) is 5.95 Å². The lowest BCUT2D eigenvalue weighted by atomic mass is 10.0. The van der Waals surface area contributed by atoms with E-state index >= 15 is 4.39 Å². The number of alkyl halides is 1. The van der Waals surface area contributed by atoms with Crippen molar-refractivity contribution >= 4 is 23.5 Å². The lowest BCUT2D eigenvalue weighted by Crippen LogP contribution is -2.49. The highest BCUT2D eigenvalue weighted by Crippen LogP contribution is 2.36. The minimum absolute atomic E-state index is 0.0291. The van der Waals surface area contributed by atoms with Crippen LogP contribution in [-0.2, 0) is 20.8 Å². The molecule has 3 N–H and O–H groups in total. The third-order valence-electron chi connectivity index (χ3n) is 7.31. The summed E-state index contributed by atoms with van der Waals surface area (Å²) in [5.41, 5.74) is 1.90. The van der Waals surface area contributed by atoms with Gasteiger partial charge in [0.25, 0.3) is 0 Å². The minimum Gasteiger partial charge on any atom is -0.441 e. The number of carbonyl (C=O) groups is 1. The van der Waals surface area contributed by atoms with Gasteiger partial charge >= 0.3 is 6.09 Å². The van der Waals surface area contributed by atoms with Crippen molar-refractivity contribution in [3.05, 3.63) is 35.9 Å². The van der Waals surface area contributed by atoms with Crippen molar-refractivity contribution in [2.45, 2.75) is 62.7 Å². The molecule has 13 heteroatoms. The summed E-state index contributed by atoms with van der Waals surface area (Å²) < 4.78 is 33.1. The van der Waals surface area contributed by atoms with E-state index in [2.05, 4.69) is 30.7 Å². The Balaban J connectivity index is 1.10. The fourth-order valence-corrected chi connectivity index (χ4v) is 4.75. The number of nitrogens with zero attached hydrogens (tertiary/aromatic N) is 5. The van der Waals surface area contributed by atoms with E-state index in [-0.39, 0.29) is 12.1 Å². The number of amides is 1. The number of carbonyl (C=O) groups excluding carboxylic acids is 1. The molecule has 0 spiro atoms. The average Bonchev–Trinajstić information content (AvgIpc) is 3.22. The molecule has 2 saturated heterocycles. The molecule has 12 nitrogen and oxygen atoms in total. The fourth-order valence-electron chi connectivity index (χ4n) is 4.75. The van der Waals surface area contributed by atoms with E-state index < -0.39 is 24.5 Å². The molecule has 37 heavy (non-hydrogen) atoms. The third-order valence-corrected chi connectivity index (χ3v) is 7.31. The number of methoxy groups -OCH3 is 1. The number of imidazole rings is 1. The van der Waals surface area contributed by atoms with Crippen LogP contribution >= 0.6 is 0 Å². The van der Waals surface area contributed by atoms with Crippen LogP contribution in [0.1, 0.15) is 43.7 Å². The Morgan fingerprint density at radius 1 is 1.41 bits per heavy atom. The van der Waals surface area contributed by atoms with Gasteiger partial charge in [0.1, 0.15) is 11.8 Å². The highest BCUT2D eigenvalue weighted by molar-refractivity contribution is 5.69. The van der Waals surface area contributed by atoms with Crippen molar-refractivity contribution in [1.29, 1.82) is 0 Å². The molecule has 198 valence electrons. The number of aromatic nitrogens is 5. The molecule has 0 radical (unpaired) electrons. The summed E-state index contributed by atoms with van der Waals surface area (Å²) >= 11 is 0. The van der Waals surface area contributed by atoms with Crippen LogP contribution in [-0.4, -0.2) is 86.3 Å². The van der Waals surface area contributed by atoms with Crippen molar-refractivity contribution in [2.75, 3.05) is 32.2 Å². The van der Waals surface area contributed by atoms with E-state index in [9.17, 15) is 4.79 Å². The van der Waals surface area contributed by atoms with Crippen LogP contribution in [0.4, 0.5) is 21.0 Å². The molecule has 0 bridgehead atoms. The van der Waals surface area contributed by atoms with Crippen molar-refractivity contribution < 1.29 is 23.4 Å². The van der Waals surface area contributed by atoms with E-state index in [0.717, 1.165) is 43.7 Å². The number of aromatic amines is 1. The minimum atomic E-state index is -1.52. The third kappa shape index (κ3) is 4.98. The van der Waals surface area contributed by atoms with Crippen LogP contribution in [0, 0.1) is 0 Å². The Labute approximate surface area is 212 Å². The number of nitrogens with one attached hydrogen (secondary N) is 3. The molecule has 1 amide bonds. The standard InChI is InChI=1S/C24H31FN8O4/c1-24(5-6-24)29-23(34)37-17-13-36-21(20(17)25)16-9-18(31-30-16)28-22-26-7-3-19-27-14(11-33(19)22)10-32-8-4-15(32)12-35-2/h3,7,9,11,15,17,20-21H,4-6,8,10,12-13H2,1-2H3,(H,29,34)(H2,26,28,30,31)/t15?,17-,20-,21-/m0/s1. The molecule has 3 aromatic heterocycles. The molecule has 0 aromatic carbocycles. The number of alkyl carbamates (subject to hydrolysis) is 1. The van der Waals surface area contributed by atoms with E-state index in [0.29, 0.717) is 30.1 Å². The Kier molecular flexibility index (Phi) is 6.21. The van der Waals surface area contributed by atoms with Crippen LogP contribution in [0.25, 0.3) is 5.65 Å². The van der Waals surface area contributed by atoms with Gasteiger partial charge in [-0.3, -0.25) is 14.4 Å². The molecular formula is C24H31FN8O4. The Hall–Kier alpha value is -3.29. The van der Waals surface area contributed by atoms with E-state index in [4.69, 9.17) is 19.2 Å². The molecule has 3 aromatic rings. The first-order valence-corrected chi connectivity index (χ1v) is 12.5. The average molecular weight is 515 g/mol. The molecule has 1 saturated carbocycles. The zero-order chi connectivity index (χ0) is 25.6. The first-order valence-electron chi connectivity index (χ1n) is 12.5. The topological polar surface area (TPSA) is 131 Å². The summed E-state index contributed by atoms with van der Waals surface area (Å²) in [5, 5.41) is 13.0. The Bertz CT molecular complexity index is 1280. The van der Waals surface area contributed by atoms with Gasteiger partial charge in [-0.2, -0.15) is 5.10 Å². The predicted molar refractivity (Wildman–Crippen MR) is 130 cm³/mol. The SMILES string of the molecule is COCC1CCN1Cc1cn2c(Nc3cc([C@@H]4OC[C@H](OC(=O)NC5(C)CC5)[C@@H]4F)[nH]n3)nccc2n1. The van der Waals surface area contributed by atoms with E-state index in [1.165, 1.54) is 0 Å². The normalized spacial score (nSPS) is 26.7. The Morgan fingerprint density at radius 2 is 2.27 bits per heavy atom. The largest absolute Gasteiger partial charge is 0.441 e. The van der Waals surface area contributed by atoms with Gasteiger partial charge in [-0.25, -0.2) is 19.2 Å². The monoisotopic (exact) mass is 514 g/mol. The summed E-state index contributed by atoms with van der Waals surface area (Å²) in [5.74, 6) is 0.981. The highest BCUT2D eigenvalue weighted by atomic mass is 19.1. The lowest BCUT2D eigenvalue weighted by Gasteiger charge is -2.40. The van der Waals surface area contributed by atoms with Crippen LogP contribution in [0.15, 0.2) is 24.5 Å². The summed E-state index contributed by atoms with van der Waals surface area (Å²) in [4.78, 5) is 23.6. The molecule has 5 heterocycles. The maximum atomic E-state index is 15.1. The van der Waals surface area contributed by atoms with Crippen LogP contribution in [0.5, 0.6) is 0 Å². The zero-order valence-electron chi connectivity index (χ0n) is 20.8. The van der Waals surface area contributed by atoms with Crippen LogP contribution < -0.4 is 10.6 Å². The quantitative estimate of drug-likeness (QED) is 0.394. The van der Waals surface area contributed by atoms with Crippen LogP contribution in [0.3, 0.4) is 0 Å². The number of rotatable bonds is 9. The maximum Gasteiger partial charge on any atom is 0.408 e. The van der Waals surface area contributed by atoms with Gasteiger partial charge in [-0.1, -0.05) is 0 Å².